The Morgan fingerprint density at radius 1 is 1.04 bits per heavy atom. The number of carbonyl (C=O) groups excluding carboxylic acids is 2. The molecule has 0 spiro atoms. The van der Waals surface area contributed by atoms with Crippen molar-refractivity contribution in [2.75, 3.05) is 39.8 Å². The Hall–Kier alpha value is -1.92. The van der Waals surface area contributed by atoms with E-state index in [2.05, 4.69) is 41.3 Å². The highest BCUT2D eigenvalue weighted by atomic mass is 16.2. The lowest BCUT2D eigenvalue weighted by Gasteiger charge is -2.40. The third-order valence-electron chi connectivity index (χ3n) is 5.19. The lowest BCUT2D eigenvalue weighted by Crippen LogP contribution is -2.54. The first kappa shape index (κ1) is 21.4. The first-order chi connectivity index (χ1) is 12.9. The van der Waals surface area contributed by atoms with E-state index >= 15 is 0 Å². The highest BCUT2D eigenvalue weighted by molar-refractivity contribution is 5.94. The van der Waals surface area contributed by atoms with Crippen LogP contribution in [0.4, 0.5) is 0 Å². The van der Waals surface area contributed by atoms with Crippen LogP contribution in [0.25, 0.3) is 0 Å². The van der Waals surface area contributed by atoms with E-state index in [1.54, 1.807) is 12.1 Å². The van der Waals surface area contributed by atoms with Crippen molar-refractivity contribution >= 4 is 11.8 Å². The van der Waals surface area contributed by atoms with Crippen LogP contribution in [0.15, 0.2) is 30.3 Å². The van der Waals surface area contributed by atoms with Gasteiger partial charge in [-0.3, -0.25) is 14.5 Å². The number of piperazine rings is 1. The number of nitrogens with one attached hydrogen (secondary N) is 2. The number of carbonyl (C=O) groups is 2. The smallest absolute Gasteiger partial charge is 0.251 e. The van der Waals surface area contributed by atoms with Gasteiger partial charge in [-0.1, -0.05) is 32.0 Å². The zero-order valence-corrected chi connectivity index (χ0v) is 17.1. The van der Waals surface area contributed by atoms with Crippen molar-refractivity contribution in [2.45, 2.75) is 39.3 Å². The summed E-state index contributed by atoms with van der Waals surface area (Å²) in [5.41, 5.74) is 0.611. The fraction of sp³-hybridized carbons (Fsp3) is 0.619. The zero-order chi connectivity index (χ0) is 19.8. The fourth-order valence-electron chi connectivity index (χ4n) is 3.46. The van der Waals surface area contributed by atoms with Gasteiger partial charge in [-0.05, 0) is 32.0 Å². The second-order valence-corrected chi connectivity index (χ2v) is 7.90. The monoisotopic (exact) mass is 374 g/mol. The topological polar surface area (TPSA) is 64.7 Å². The maximum atomic E-state index is 12.3. The molecule has 0 saturated carbocycles. The van der Waals surface area contributed by atoms with Crippen LogP contribution in [-0.2, 0) is 4.79 Å². The van der Waals surface area contributed by atoms with Gasteiger partial charge in [0.05, 0.1) is 0 Å². The van der Waals surface area contributed by atoms with Crippen molar-refractivity contribution in [3.05, 3.63) is 35.9 Å². The molecular weight excluding hydrogens is 340 g/mol. The Kier molecular flexibility index (Phi) is 8.25. The molecule has 0 radical (unpaired) electrons. The molecule has 1 aromatic carbocycles. The van der Waals surface area contributed by atoms with Crippen molar-refractivity contribution in [1.29, 1.82) is 0 Å². The molecule has 1 aliphatic rings. The molecule has 2 N–H and O–H groups in total. The average Bonchev–Trinajstić information content (AvgIpc) is 2.63. The van der Waals surface area contributed by atoms with Gasteiger partial charge < -0.3 is 15.5 Å². The van der Waals surface area contributed by atoms with E-state index in [1.165, 1.54) is 0 Å². The fourth-order valence-corrected chi connectivity index (χ4v) is 3.46. The molecule has 6 heteroatoms. The predicted molar refractivity (Wildman–Crippen MR) is 109 cm³/mol. The average molecular weight is 375 g/mol. The number of hydrogen-bond acceptors (Lipinski definition) is 4. The number of amides is 2. The SMILES string of the molecule is CC(CC(=O)NCC(C(C)C)N1CCN(C)CC1)NC(=O)c1ccccc1. The van der Waals surface area contributed by atoms with Crippen molar-refractivity contribution in [2.24, 2.45) is 5.92 Å². The van der Waals surface area contributed by atoms with Crippen LogP contribution >= 0.6 is 0 Å². The molecule has 2 amide bonds. The number of likely N-dealkylation sites (N-methyl/N-ethyl adjacent to an activating group) is 1. The standard InChI is InChI=1S/C21H34N4O2/c1-16(2)19(25-12-10-24(4)11-13-25)15-22-20(26)14-17(3)23-21(27)18-8-6-5-7-9-18/h5-9,16-17,19H,10-15H2,1-4H3,(H,22,26)(H,23,27). The van der Waals surface area contributed by atoms with Crippen LogP contribution < -0.4 is 10.6 Å². The molecule has 0 aromatic heterocycles. The molecule has 1 heterocycles. The maximum Gasteiger partial charge on any atom is 0.251 e. The van der Waals surface area contributed by atoms with E-state index in [9.17, 15) is 9.59 Å². The summed E-state index contributed by atoms with van der Waals surface area (Å²) >= 11 is 0. The summed E-state index contributed by atoms with van der Waals surface area (Å²) in [6.45, 7) is 11.1. The maximum absolute atomic E-state index is 12.3. The minimum absolute atomic E-state index is 0.0179. The molecule has 2 rings (SSSR count). The predicted octanol–water partition coefficient (Wildman–Crippen LogP) is 1.58. The van der Waals surface area contributed by atoms with E-state index < -0.39 is 0 Å². The summed E-state index contributed by atoms with van der Waals surface area (Å²) in [6.07, 6.45) is 0.284. The Balaban J connectivity index is 1.77. The van der Waals surface area contributed by atoms with E-state index in [0.29, 0.717) is 24.1 Å². The molecular formula is C21H34N4O2. The lowest BCUT2D eigenvalue weighted by molar-refractivity contribution is -0.121. The van der Waals surface area contributed by atoms with Crippen molar-refractivity contribution in [3.8, 4) is 0 Å². The van der Waals surface area contributed by atoms with Crippen molar-refractivity contribution < 1.29 is 9.59 Å². The number of benzene rings is 1. The summed E-state index contributed by atoms with van der Waals surface area (Å²) in [6, 6.07) is 9.21. The molecule has 1 aromatic rings. The highest BCUT2D eigenvalue weighted by Crippen LogP contribution is 2.13. The van der Waals surface area contributed by atoms with Crippen LogP contribution in [0.5, 0.6) is 0 Å². The molecule has 0 bridgehead atoms. The summed E-state index contributed by atoms with van der Waals surface area (Å²) < 4.78 is 0. The second-order valence-electron chi connectivity index (χ2n) is 7.90. The Morgan fingerprint density at radius 2 is 1.67 bits per heavy atom. The molecule has 0 aliphatic carbocycles. The van der Waals surface area contributed by atoms with Crippen molar-refractivity contribution in [3.63, 3.8) is 0 Å². The van der Waals surface area contributed by atoms with Gasteiger partial charge in [0, 0.05) is 56.8 Å². The quantitative estimate of drug-likeness (QED) is 0.725. The van der Waals surface area contributed by atoms with Crippen LogP contribution in [0, 0.1) is 5.92 Å². The van der Waals surface area contributed by atoms with E-state index in [0.717, 1.165) is 26.2 Å². The first-order valence-electron chi connectivity index (χ1n) is 9.92. The van der Waals surface area contributed by atoms with Gasteiger partial charge in [0.25, 0.3) is 5.91 Å². The largest absolute Gasteiger partial charge is 0.354 e. The number of hydrogen-bond donors (Lipinski definition) is 2. The van der Waals surface area contributed by atoms with Gasteiger partial charge in [0.2, 0.25) is 5.91 Å². The third-order valence-corrected chi connectivity index (χ3v) is 5.19. The minimum atomic E-state index is -0.209. The molecule has 1 fully saturated rings. The van der Waals surface area contributed by atoms with Gasteiger partial charge in [0.1, 0.15) is 0 Å². The van der Waals surface area contributed by atoms with Crippen LogP contribution in [-0.4, -0.2) is 73.5 Å². The van der Waals surface area contributed by atoms with Crippen LogP contribution in [0.3, 0.4) is 0 Å². The molecule has 1 saturated heterocycles. The summed E-state index contributed by atoms with van der Waals surface area (Å²) in [4.78, 5) is 29.3. The summed E-state index contributed by atoms with van der Waals surface area (Å²) in [5, 5.41) is 5.96. The number of rotatable bonds is 8. The molecule has 27 heavy (non-hydrogen) atoms. The van der Waals surface area contributed by atoms with Crippen LogP contribution in [0.2, 0.25) is 0 Å². The normalized spacial score (nSPS) is 18.1. The second kappa shape index (κ2) is 10.4. The van der Waals surface area contributed by atoms with Gasteiger partial charge in [0.15, 0.2) is 0 Å². The van der Waals surface area contributed by atoms with Crippen molar-refractivity contribution in [1.82, 2.24) is 20.4 Å². The first-order valence-corrected chi connectivity index (χ1v) is 9.92. The molecule has 2 atom stereocenters. The highest BCUT2D eigenvalue weighted by Gasteiger charge is 2.25. The molecule has 2 unspecified atom stereocenters. The van der Waals surface area contributed by atoms with E-state index in [1.807, 2.05) is 25.1 Å². The zero-order valence-electron chi connectivity index (χ0n) is 17.1. The minimum Gasteiger partial charge on any atom is -0.354 e. The van der Waals surface area contributed by atoms with E-state index in [-0.39, 0.29) is 24.3 Å². The molecule has 6 nitrogen and oxygen atoms in total. The summed E-state index contributed by atoms with van der Waals surface area (Å²) in [7, 11) is 2.15. The van der Waals surface area contributed by atoms with Crippen LogP contribution in [0.1, 0.15) is 37.6 Å². The summed E-state index contributed by atoms with van der Waals surface area (Å²) in [5.74, 6) is 0.313. The molecule has 1 aliphatic heterocycles. The lowest BCUT2D eigenvalue weighted by atomic mass is 10.0. The van der Waals surface area contributed by atoms with Gasteiger partial charge >= 0.3 is 0 Å². The number of nitrogens with zero attached hydrogens (tertiary/aromatic N) is 2. The Morgan fingerprint density at radius 3 is 2.26 bits per heavy atom. The Bertz CT molecular complexity index is 597. The van der Waals surface area contributed by atoms with Gasteiger partial charge in [-0.25, -0.2) is 0 Å². The van der Waals surface area contributed by atoms with Gasteiger partial charge in [-0.2, -0.15) is 0 Å². The van der Waals surface area contributed by atoms with E-state index in [4.69, 9.17) is 0 Å². The Labute approximate surface area is 163 Å². The third kappa shape index (κ3) is 6.96. The van der Waals surface area contributed by atoms with Gasteiger partial charge in [-0.15, -0.1) is 0 Å². The molecule has 150 valence electrons.